The Morgan fingerprint density at radius 1 is 1.33 bits per heavy atom. The van der Waals surface area contributed by atoms with E-state index in [9.17, 15) is 9.59 Å². The standard InChI is InChI=1S/C8H12O4/c1-11-5-3-4-7(9)6-8(10)12-2/h3,5H,4,6H2,1-2H3. The lowest BCUT2D eigenvalue weighted by atomic mass is 10.2. The molecule has 0 aliphatic rings. The summed E-state index contributed by atoms with van der Waals surface area (Å²) < 4.78 is 8.89. The third kappa shape index (κ3) is 5.46. The van der Waals surface area contributed by atoms with Gasteiger partial charge in [0.2, 0.25) is 0 Å². The molecule has 0 radical (unpaired) electrons. The van der Waals surface area contributed by atoms with Gasteiger partial charge in [-0.15, -0.1) is 0 Å². The molecule has 0 aliphatic heterocycles. The van der Waals surface area contributed by atoms with E-state index in [1.54, 1.807) is 6.08 Å². The van der Waals surface area contributed by atoms with Crippen LogP contribution in [0.4, 0.5) is 0 Å². The van der Waals surface area contributed by atoms with Crippen LogP contribution in [-0.2, 0) is 19.1 Å². The average molecular weight is 172 g/mol. The van der Waals surface area contributed by atoms with Crippen LogP contribution in [0.3, 0.4) is 0 Å². The molecule has 0 fully saturated rings. The Hall–Kier alpha value is -1.32. The first-order valence-electron chi connectivity index (χ1n) is 3.47. The number of hydrogen-bond acceptors (Lipinski definition) is 4. The van der Waals surface area contributed by atoms with Gasteiger partial charge in [-0.1, -0.05) is 0 Å². The molecule has 0 atom stereocenters. The summed E-state index contributed by atoms with van der Waals surface area (Å²) in [6.07, 6.45) is 2.97. The fourth-order valence-electron chi connectivity index (χ4n) is 0.581. The molecule has 0 unspecified atom stereocenters. The minimum absolute atomic E-state index is 0.176. The van der Waals surface area contributed by atoms with Crippen LogP contribution in [-0.4, -0.2) is 26.0 Å². The monoisotopic (exact) mass is 172 g/mol. The molecule has 0 saturated heterocycles. The minimum atomic E-state index is -0.509. The number of methoxy groups -OCH3 is 2. The molecular weight excluding hydrogens is 160 g/mol. The summed E-state index contributed by atoms with van der Waals surface area (Å²) >= 11 is 0. The van der Waals surface area contributed by atoms with E-state index in [4.69, 9.17) is 0 Å². The molecule has 0 amide bonds. The Bertz CT molecular complexity index is 183. The Kier molecular flexibility index (Phi) is 5.69. The highest BCUT2D eigenvalue weighted by Crippen LogP contribution is 1.93. The second-order valence-electron chi connectivity index (χ2n) is 2.10. The van der Waals surface area contributed by atoms with Crippen molar-refractivity contribution in [1.29, 1.82) is 0 Å². The fraction of sp³-hybridized carbons (Fsp3) is 0.500. The van der Waals surface area contributed by atoms with Gasteiger partial charge in [0.05, 0.1) is 20.5 Å². The molecule has 68 valence electrons. The first-order valence-corrected chi connectivity index (χ1v) is 3.47. The third-order valence-electron chi connectivity index (χ3n) is 1.15. The van der Waals surface area contributed by atoms with Gasteiger partial charge < -0.3 is 9.47 Å². The normalized spacial score (nSPS) is 9.83. The number of rotatable bonds is 5. The largest absolute Gasteiger partial charge is 0.505 e. The highest BCUT2D eigenvalue weighted by Gasteiger charge is 2.06. The van der Waals surface area contributed by atoms with Crippen molar-refractivity contribution in [3.63, 3.8) is 0 Å². The highest BCUT2D eigenvalue weighted by molar-refractivity contribution is 5.96. The summed E-state index contributed by atoms with van der Waals surface area (Å²) in [5, 5.41) is 0. The Balaban J connectivity index is 3.60. The lowest BCUT2D eigenvalue weighted by Crippen LogP contribution is -2.07. The van der Waals surface area contributed by atoms with Gasteiger partial charge in [0, 0.05) is 6.42 Å². The molecule has 0 rings (SSSR count). The van der Waals surface area contributed by atoms with Crippen LogP contribution in [0.1, 0.15) is 12.8 Å². The quantitative estimate of drug-likeness (QED) is 0.347. The second kappa shape index (κ2) is 6.39. The predicted molar refractivity (Wildman–Crippen MR) is 42.4 cm³/mol. The smallest absolute Gasteiger partial charge is 0.313 e. The van der Waals surface area contributed by atoms with Crippen molar-refractivity contribution >= 4 is 11.8 Å². The average Bonchev–Trinajstić information content (AvgIpc) is 2.05. The van der Waals surface area contributed by atoms with Crippen LogP contribution in [0, 0.1) is 0 Å². The molecule has 0 spiro atoms. The maximum Gasteiger partial charge on any atom is 0.313 e. The van der Waals surface area contributed by atoms with Crippen molar-refractivity contribution in [2.75, 3.05) is 14.2 Å². The van der Waals surface area contributed by atoms with Gasteiger partial charge in [-0.05, 0) is 6.08 Å². The van der Waals surface area contributed by atoms with E-state index in [1.165, 1.54) is 20.5 Å². The van der Waals surface area contributed by atoms with Crippen molar-refractivity contribution in [3.8, 4) is 0 Å². The molecule has 0 aromatic rings. The van der Waals surface area contributed by atoms with E-state index in [-0.39, 0.29) is 18.6 Å². The van der Waals surface area contributed by atoms with Gasteiger partial charge in [-0.2, -0.15) is 0 Å². The van der Waals surface area contributed by atoms with Gasteiger partial charge >= 0.3 is 5.97 Å². The molecule has 0 saturated carbocycles. The van der Waals surface area contributed by atoms with Gasteiger partial charge in [-0.25, -0.2) is 0 Å². The van der Waals surface area contributed by atoms with Crippen molar-refractivity contribution < 1.29 is 19.1 Å². The second-order valence-corrected chi connectivity index (χ2v) is 2.10. The lowest BCUT2D eigenvalue weighted by Gasteiger charge is -1.95. The SMILES string of the molecule is COC=CCC(=O)CC(=O)OC. The van der Waals surface area contributed by atoms with Gasteiger partial charge in [0.25, 0.3) is 0 Å². The van der Waals surface area contributed by atoms with Crippen molar-refractivity contribution in [1.82, 2.24) is 0 Å². The van der Waals surface area contributed by atoms with E-state index >= 15 is 0 Å². The van der Waals surface area contributed by atoms with Gasteiger partial charge in [0.1, 0.15) is 12.2 Å². The first-order chi connectivity index (χ1) is 5.70. The number of carbonyl (C=O) groups is 2. The summed E-state index contributed by atoms with van der Waals surface area (Å²) in [5.74, 6) is -0.694. The number of Topliss-reactive ketones (excluding diaryl/α,β-unsaturated/α-hetero) is 1. The molecule has 4 nitrogen and oxygen atoms in total. The number of allylic oxidation sites excluding steroid dienone is 1. The Labute approximate surface area is 71.2 Å². The zero-order valence-electron chi connectivity index (χ0n) is 7.20. The maximum absolute atomic E-state index is 10.9. The first kappa shape index (κ1) is 10.7. The van der Waals surface area contributed by atoms with E-state index in [0.29, 0.717) is 0 Å². The molecule has 0 aliphatic carbocycles. The number of carbonyl (C=O) groups excluding carboxylic acids is 2. The van der Waals surface area contributed by atoms with Crippen LogP contribution in [0.2, 0.25) is 0 Å². The maximum atomic E-state index is 10.9. The minimum Gasteiger partial charge on any atom is -0.505 e. The third-order valence-corrected chi connectivity index (χ3v) is 1.15. The van der Waals surface area contributed by atoms with E-state index in [0.717, 1.165) is 0 Å². The summed E-state index contributed by atoms with van der Waals surface area (Å²) in [7, 11) is 2.74. The van der Waals surface area contributed by atoms with E-state index in [1.807, 2.05) is 0 Å². The summed E-state index contributed by atoms with van der Waals surface area (Å²) in [6, 6.07) is 0. The van der Waals surface area contributed by atoms with Crippen LogP contribution in [0.5, 0.6) is 0 Å². The predicted octanol–water partition coefficient (Wildman–Crippen LogP) is 0.669. The molecule has 0 aromatic heterocycles. The van der Waals surface area contributed by atoms with Gasteiger partial charge in [-0.3, -0.25) is 9.59 Å². The van der Waals surface area contributed by atoms with Crippen molar-refractivity contribution in [2.45, 2.75) is 12.8 Å². The zero-order valence-corrected chi connectivity index (χ0v) is 7.20. The molecule has 4 heteroatoms. The Morgan fingerprint density at radius 3 is 2.50 bits per heavy atom. The highest BCUT2D eigenvalue weighted by atomic mass is 16.5. The molecule has 0 N–H and O–H groups in total. The van der Waals surface area contributed by atoms with E-state index in [2.05, 4.69) is 9.47 Å². The van der Waals surface area contributed by atoms with Crippen LogP contribution < -0.4 is 0 Å². The van der Waals surface area contributed by atoms with E-state index < -0.39 is 5.97 Å². The fourth-order valence-corrected chi connectivity index (χ4v) is 0.581. The number of ether oxygens (including phenoxy) is 2. The number of esters is 1. The number of ketones is 1. The zero-order chi connectivity index (χ0) is 9.40. The molecule has 0 aromatic carbocycles. The van der Waals surface area contributed by atoms with Crippen LogP contribution in [0.15, 0.2) is 12.3 Å². The molecule has 0 heterocycles. The van der Waals surface area contributed by atoms with Crippen molar-refractivity contribution in [2.24, 2.45) is 0 Å². The summed E-state index contributed by atoms with van der Waals surface area (Å²) in [4.78, 5) is 21.4. The molecular formula is C8H12O4. The Morgan fingerprint density at radius 2 is 2.00 bits per heavy atom. The van der Waals surface area contributed by atoms with Gasteiger partial charge in [0.15, 0.2) is 0 Å². The lowest BCUT2D eigenvalue weighted by molar-refractivity contribution is -0.143. The molecule has 0 bridgehead atoms. The van der Waals surface area contributed by atoms with Crippen molar-refractivity contribution in [3.05, 3.63) is 12.3 Å². The molecule has 12 heavy (non-hydrogen) atoms. The topological polar surface area (TPSA) is 52.6 Å². The number of hydrogen-bond donors (Lipinski definition) is 0. The van der Waals surface area contributed by atoms with Crippen LogP contribution in [0.25, 0.3) is 0 Å². The summed E-state index contributed by atoms with van der Waals surface area (Å²) in [6.45, 7) is 0. The summed E-state index contributed by atoms with van der Waals surface area (Å²) in [5.41, 5.74) is 0. The van der Waals surface area contributed by atoms with Crippen LogP contribution >= 0.6 is 0 Å².